The number of H-pyrrole nitrogens is 1. The quantitative estimate of drug-likeness (QED) is 0.478. The smallest absolute Gasteiger partial charge is 0.545 e. The Labute approximate surface area is 96.3 Å². The van der Waals surface area contributed by atoms with E-state index in [9.17, 15) is 9.90 Å². The van der Waals surface area contributed by atoms with Gasteiger partial charge >= 0.3 is 29.6 Å². The summed E-state index contributed by atoms with van der Waals surface area (Å²) in [5, 5.41) is 10.5. The largest absolute Gasteiger partial charge is 1.00 e. The average Bonchev–Trinajstić information content (AvgIpc) is 2.49. The van der Waals surface area contributed by atoms with E-state index in [-0.39, 0.29) is 35.1 Å². The van der Waals surface area contributed by atoms with Gasteiger partial charge in [0.15, 0.2) is 0 Å². The van der Waals surface area contributed by atoms with Crippen molar-refractivity contribution in [2.45, 2.75) is 0 Å². The standard InChI is InChI=1S/C8H6N2O2.Na/c11-8(12)5-2-1-3-6-7(5)10-4-9-6;/h1-4H,(H,9,10)(H,11,12);/q;+1/p-1. The van der Waals surface area contributed by atoms with Crippen LogP contribution >= 0.6 is 0 Å². The number of hydrogen-bond acceptors (Lipinski definition) is 3. The van der Waals surface area contributed by atoms with Crippen molar-refractivity contribution in [1.82, 2.24) is 9.97 Å². The summed E-state index contributed by atoms with van der Waals surface area (Å²) in [5.41, 5.74) is 1.27. The number of carbonyl (C=O) groups excluding carboxylic acids is 1. The number of imidazole rings is 1. The van der Waals surface area contributed by atoms with Crippen molar-refractivity contribution in [3.63, 3.8) is 0 Å². The van der Waals surface area contributed by atoms with Crippen LogP contribution < -0.4 is 34.7 Å². The van der Waals surface area contributed by atoms with Gasteiger partial charge in [-0.25, -0.2) is 4.98 Å². The second-order valence-corrected chi connectivity index (χ2v) is 2.39. The van der Waals surface area contributed by atoms with Gasteiger partial charge in [0, 0.05) is 5.56 Å². The summed E-state index contributed by atoms with van der Waals surface area (Å²) in [6.07, 6.45) is 1.46. The molecule has 5 heteroatoms. The average molecular weight is 184 g/mol. The van der Waals surface area contributed by atoms with Crippen LogP contribution in [0.3, 0.4) is 0 Å². The van der Waals surface area contributed by atoms with E-state index < -0.39 is 5.97 Å². The van der Waals surface area contributed by atoms with Crippen LogP contribution in [0.2, 0.25) is 0 Å². The predicted molar refractivity (Wildman–Crippen MR) is 40.4 cm³/mol. The third-order valence-corrected chi connectivity index (χ3v) is 1.67. The summed E-state index contributed by atoms with van der Waals surface area (Å²) in [6, 6.07) is 4.87. The second-order valence-electron chi connectivity index (χ2n) is 2.39. The maximum absolute atomic E-state index is 10.5. The van der Waals surface area contributed by atoms with Crippen LogP contribution in [0.25, 0.3) is 11.0 Å². The zero-order chi connectivity index (χ0) is 8.55. The molecule has 0 spiro atoms. The Kier molecular flexibility index (Phi) is 3.08. The number of carboxylic acid groups (broad SMARTS) is 1. The van der Waals surface area contributed by atoms with Crippen LogP contribution in [-0.2, 0) is 0 Å². The fraction of sp³-hybridized carbons (Fsp3) is 0. The maximum atomic E-state index is 10.5. The molecular weight excluding hydrogens is 179 g/mol. The topological polar surface area (TPSA) is 68.8 Å². The van der Waals surface area contributed by atoms with Crippen molar-refractivity contribution in [3.05, 3.63) is 30.1 Å². The molecule has 0 bridgehead atoms. The van der Waals surface area contributed by atoms with E-state index in [2.05, 4.69) is 9.97 Å². The van der Waals surface area contributed by atoms with Gasteiger partial charge in [0.05, 0.1) is 23.3 Å². The minimum Gasteiger partial charge on any atom is -0.545 e. The summed E-state index contributed by atoms with van der Waals surface area (Å²) in [7, 11) is 0. The summed E-state index contributed by atoms with van der Waals surface area (Å²) in [6.45, 7) is 0. The number of nitrogens with one attached hydrogen (secondary N) is 1. The first kappa shape index (κ1) is 10.2. The van der Waals surface area contributed by atoms with E-state index in [4.69, 9.17) is 0 Å². The number of aromatic amines is 1. The Bertz CT molecular complexity index is 438. The van der Waals surface area contributed by atoms with Gasteiger partial charge in [-0.3, -0.25) is 0 Å². The molecule has 0 radical (unpaired) electrons. The zero-order valence-corrected chi connectivity index (χ0v) is 9.07. The Morgan fingerprint density at radius 3 is 2.92 bits per heavy atom. The molecule has 1 aromatic carbocycles. The molecule has 1 N–H and O–H groups in total. The first-order chi connectivity index (χ1) is 5.79. The SMILES string of the molecule is O=C([O-])c1cccc2[nH]cnc12.[Na+]. The van der Waals surface area contributed by atoms with Crippen molar-refractivity contribution in [1.29, 1.82) is 0 Å². The Morgan fingerprint density at radius 2 is 2.23 bits per heavy atom. The zero-order valence-electron chi connectivity index (χ0n) is 7.07. The number of para-hydroxylation sites is 1. The van der Waals surface area contributed by atoms with Crippen molar-refractivity contribution in [2.24, 2.45) is 0 Å². The number of hydrogen-bond donors (Lipinski definition) is 1. The van der Waals surface area contributed by atoms with E-state index in [1.807, 2.05) is 0 Å². The molecule has 0 aliphatic heterocycles. The molecule has 4 nitrogen and oxygen atoms in total. The molecule has 0 saturated heterocycles. The van der Waals surface area contributed by atoms with Gasteiger partial charge in [-0.2, -0.15) is 0 Å². The van der Waals surface area contributed by atoms with Crippen LogP contribution in [0, 0.1) is 0 Å². The third kappa shape index (κ3) is 1.75. The minimum atomic E-state index is -1.20. The Balaban J connectivity index is 0.000000845. The molecule has 0 saturated carbocycles. The minimum absolute atomic E-state index is 0. The van der Waals surface area contributed by atoms with Crippen LogP contribution in [-0.4, -0.2) is 15.9 Å². The molecule has 2 rings (SSSR count). The van der Waals surface area contributed by atoms with Crippen molar-refractivity contribution in [3.8, 4) is 0 Å². The van der Waals surface area contributed by atoms with E-state index in [0.717, 1.165) is 0 Å². The van der Waals surface area contributed by atoms with Gasteiger partial charge in [-0.05, 0) is 6.07 Å². The van der Waals surface area contributed by atoms with Crippen molar-refractivity contribution in [2.75, 3.05) is 0 Å². The normalized spacial score (nSPS) is 9.54. The fourth-order valence-electron chi connectivity index (χ4n) is 1.13. The van der Waals surface area contributed by atoms with Crippen LogP contribution in [0.4, 0.5) is 0 Å². The van der Waals surface area contributed by atoms with Gasteiger partial charge in [0.25, 0.3) is 0 Å². The van der Waals surface area contributed by atoms with E-state index in [0.29, 0.717) is 11.0 Å². The second kappa shape index (κ2) is 3.91. The van der Waals surface area contributed by atoms with Crippen molar-refractivity contribution >= 4 is 17.0 Å². The molecule has 2 aromatic rings. The maximum Gasteiger partial charge on any atom is 1.00 e. The first-order valence-electron chi connectivity index (χ1n) is 3.42. The van der Waals surface area contributed by atoms with Gasteiger partial charge in [0.1, 0.15) is 0 Å². The molecule has 60 valence electrons. The summed E-state index contributed by atoms with van der Waals surface area (Å²) < 4.78 is 0. The molecule has 0 amide bonds. The number of benzene rings is 1. The van der Waals surface area contributed by atoms with E-state index in [1.165, 1.54) is 12.4 Å². The number of fused-ring (bicyclic) bond motifs is 1. The molecule has 1 heterocycles. The van der Waals surface area contributed by atoms with E-state index in [1.54, 1.807) is 12.1 Å². The summed E-state index contributed by atoms with van der Waals surface area (Å²) in [4.78, 5) is 17.2. The van der Waals surface area contributed by atoms with Gasteiger partial charge in [-0.15, -0.1) is 0 Å². The molecule has 0 atom stereocenters. The number of carbonyl (C=O) groups is 1. The summed E-state index contributed by atoms with van der Waals surface area (Å²) >= 11 is 0. The number of aromatic carboxylic acids is 1. The monoisotopic (exact) mass is 184 g/mol. The van der Waals surface area contributed by atoms with Crippen molar-refractivity contribution < 1.29 is 39.5 Å². The van der Waals surface area contributed by atoms with Crippen LogP contribution in [0.1, 0.15) is 10.4 Å². The van der Waals surface area contributed by atoms with Gasteiger partial charge in [0.2, 0.25) is 0 Å². The van der Waals surface area contributed by atoms with E-state index >= 15 is 0 Å². The van der Waals surface area contributed by atoms with Crippen LogP contribution in [0.15, 0.2) is 24.5 Å². The molecule has 0 unspecified atom stereocenters. The Morgan fingerprint density at radius 1 is 1.46 bits per heavy atom. The van der Waals surface area contributed by atoms with Gasteiger partial charge < -0.3 is 14.9 Å². The molecular formula is C8H5N2NaO2. The fourth-order valence-corrected chi connectivity index (χ4v) is 1.13. The predicted octanol–water partition coefficient (Wildman–Crippen LogP) is -3.07. The third-order valence-electron chi connectivity index (χ3n) is 1.67. The number of nitrogens with zero attached hydrogens (tertiary/aromatic N) is 1. The number of carboxylic acids is 1. The molecule has 0 aliphatic rings. The first-order valence-corrected chi connectivity index (χ1v) is 3.42. The Hall–Kier alpha value is -0.840. The molecule has 0 fully saturated rings. The number of rotatable bonds is 1. The molecule has 0 aliphatic carbocycles. The summed E-state index contributed by atoms with van der Waals surface area (Å²) in [5.74, 6) is -1.20. The van der Waals surface area contributed by atoms with Gasteiger partial charge in [-0.1, -0.05) is 12.1 Å². The molecule has 13 heavy (non-hydrogen) atoms. The number of aromatic nitrogens is 2. The molecule has 1 aromatic heterocycles. The van der Waals surface area contributed by atoms with Crippen LogP contribution in [0.5, 0.6) is 0 Å².